The Kier molecular flexibility index (Phi) is 5.38. The van der Waals surface area contributed by atoms with E-state index in [4.69, 9.17) is 0 Å². The van der Waals surface area contributed by atoms with Crippen molar-refractivity contribution in [3.63, 3.8) is 0 Å². The fourth-order valence-electron chi connectivity index (χ4n) is 2.89. The maximum Gasteiger partial charge on any atom is 0.123 e. The van der Waals surface area contributed by atoms with Crippen LogP contribution < -0.4 is 10.2 Å². The first-order chi connectivity index (χ1) is 9.61. The molecule has 20 heavy (non-hydrogen) atoms. The van der Waals surface area contributed by atoms with Crippen LogP contribution in [0.4, 0.5) is 10.1 Å². The average molecular weight is 279 g/mol. The van der Waals surface area contributed by atoms with Crippen LogP contribution in [0.1, 0.15) is 25.3 Å². The van der Waals surface area contributed by atoms with Gasteiger partial charge in [0.25, 0.3) is 0 Å². The Morgan fingerprint density at radius 2 is 2.00 bits per heavy atom. The molecule has 0 atom stereocenters. The van der Waals surface area contributed by atoms with Crippen molar-refractivity contribution in [1.29, 1.82) is 0 Å². The first kappa shape index (κ1) is 15.3. The summed E-state index contributed by atoms with van der Waals surface area (Å²) in [7, 11) is 4.30. The highest BCUT2D eigenvalue weighted by molar-refractivity contribution is 5.54. The van der Waals surface area contributed by atoms with Crippen molar-refractivity contribution in [3.05, 3.63) is 29.6 Å². The van der Waals surface area contributed by atoms with Gasteiger partial charge in [0.1, 0.15) is 5.82 Å². The van der Waals surface area contributed by atoms with Crippen molar-refractivity contribution in [2.75, 3.05) is 38.6 Å². The van der Waals surface area contributed by atoms with E-state index in [9.17, 15) is 4.39 Å². The van der Waals surface area contributed by atoms with Crippen LogP contribution in [0.3, 0.4) is 0 Å². The van der Waals surface area contributed by atoms with Crippen LogP contribution in [0.2, 0.25) is 0 Å². The minimum absolute atomic E-state index is 0.148. The van der Waals surface area contributed by atoms with Crippen LogP contribution >= 0.6 is 0 Å². The van der Waals surface area contributed by atoms with E-state index in [1.54, 1.807) is 12.1 Å². The van der Waals surface area contributed by atoms with Gasteiger partial charge in [-0.1, -0.05) is 6.92 Å². The van der Waals surface area contributed by atoms with E-state index < -0.39 is 0 Å². The molecule has 3 nitrogen and oxygen atoms in total. The summed E-state index contributed by atoms with van der Waals surface area (Å²) < 4.78 is 13.5. The predicted molar refractivity (Wildman–Crippen MR) is 82.7 cm³/mol. The molecule has 0 aliphatic carbocycles. The largest absolute Gasteiger partial charge is 0.371 e. The van der Waals surface area contributed by atoms with Gasteiger partial charge < -0.3 is 15.1 Å². The molecule has 112 valence electrons. The van der Waals surface area contributed by atoms with Gasteiger partial charge in [-0.25, -0.2) is 4.39 Å². The van der Waals surface area contributed by atoms with Crippen LogP contribution in [0.25, 0.3) is 0 Å². The van der Waals surface area contributed by atoms with Gasteiger partial charge in [-0.05, 0) is 57.2 Å². The standard InChI is InChI=1S/C16H26FN3/c1-4-18-12-13-11-14(17)5-6-16(13)20-9-7-15(8-10-20)19(2)3/h5-6,11,15,18H,4,7-10,12H2,1-3H3. The minimum atomic E-state index is -0.148. The van der Waals surface area contributed by atoms with Crippen molar-refractivity contribution in [2.24, 2.45) is 0 Å². The Morgan fingerprint density at radius 1 is 1.30 bits per heavy atom. The lowest BCUT2D eigenvalue weighted by atomic mass is 10.0. The molecule has 0 bridgehead atoms. The normalized spacial score (nSPS) is 16.9. The zero-order valence-corrected chi connectivity index (χ0v) is 12.8. The number of rotatable bonds is 5. The second-order valence-corrected chi connectivity index (χ2v) is 5.74. The molecule has 0 unspecified atom stereocenters. The van der Waals surface area contributed by atoms with Crippen LogP contribution in [-0.2, 0) is 6.54 Å². The second-order valence-electron chi connectivity index (χ2n) is 5.74. The number of hydrogen-bond acceptors (Lipinski definition) is 3. The molecule has 1 fully saturated rings. The highest BCUT2D eigenvalue weighted by Gasteiger charge is 2.22. The van der Waals surface area contributed by atoms with Crippen LogP contribution in [0.15, 0.2) is 18.2 Å². The lowest BCUT2D eigenvalue weighted by Crippen LogP contribution is -2.42. The Hall–Kier alpha value is -1.13. The van der Waals surface area contributed by atoms with Crippen molar-refractivity contribution in [2.45, 2.75) is 32.4 Å². The van der Waals surface area contributed by atoms with Gasteiger partial charge in [-0.2, -0.15) is 0 Å². The Bertz CT molecular complexity index is 426. The van der Waals surface area contributed by atoms with Crippen molar-refractivity contribution in [1.82, 2.24) is 10.2 Å². The van der Waals surface area contributed by atoms with Gasteiger partial charge in [0.2, 0.25) is 0 Å². The smallest absolute Gasteiger partial charge is 0.123 e. The number of anilines is 1. The van der Waals surface area contributed by atoms with Crippen molar-refractivity contribution in [3.8, 4) is 0 Å². The summed E-state index contributed by atoms with van der Waals surface area (Å²) in [6, 6.07) is 5.83. The molecule has 2 rings (SSSR count). The van der Waals surface area contributed by atoms with E-state index in [2.05, 4.69) is 36.1 Å². The predicted octanol–water partition coefficient (Wildman–Crippen LogP) is 2.47. The van der Waals surface area contributed by atoms with E-state index in [1.165, 1.54) is 18.5 Å². The molecule has 0 radical (unpaired) electrons. The molecule has 1 N–H and O–H groups in total. The monoisotopic (exact) mass is 279 g/mol. The molecule has 1 aromatic rings. The van der Waals surface area contributed by atoms with Gasteiger partial charge in [-0.3, -0.25) is 0 Å². The third kappa shape index (κ3) is 3.70. The number of nitrogens with one attached hydrogen (secondary N) is 1. The van der Waals surface area contributed by atoms with E-state index in [1.807, 2.05) is 6.07 Å². The Labute approximate surface area is 121 Å². The maximum atomic E-state index is 13.5. The van der Waals surface area contributed by atoms with E-state index >= 15 is 0 Å². The van der Waals surface area contributed by atoms with Crippen molar-refractivity contribution < 1.29 is 4.39 Å². The molecular formula is C16H26FN3. The van der Waals surface area contributed by atoms with Gasteiger partial charge in [0.05, 0.1) is 0 Å². The van der Waals surface area contributed by atoms with Crippen molar-refractivity contribution >= 4 is 5.69 Å². The van der Waals surface area contributed by atoms with E-state index in [0.29, 0.717) is 6.04 Å². The number of piperidine rings is 1. The summed E-state index contributed by atoms with van der Waals surface area (Å²) in [5.74, 6) is -0.148. The summed E-state index contributed by atoms with van der Waals surface area (Å²) in [5, 5.41) is 3.30. The number of hydrogen-bond donors (Lipinski definition) is 1. The summed E-state index contributed by atoms with van der Waals surface area (Å²) >= 11 is 0. The van der Waals surface area contributed by atoms with Gasteiger partial charge >= 0.3 is 0 Å². The molecule has 0 spiro atoms. The number of benzene rings is 1. The topological polar surface area (TPSA) is 18.5 Å². The second kappa shape index (κ2) is 7.04. The molecule has 1 saturated heterocycles. The summed E-state index contributed by atoms with van der Waals surface area (Å²) in [5.41, 5.74) is 2.25. The first-order valence-electron chi connectivity index (χ1n) is 7.52. The van der Waals surface area contributed by atoms with Crippen LogP contribution in [0.5, 0.6) is 0 Å². The third-order valence-corrected chi connectivity index (χ3v) is 4.14. The zero-order chi connectivity index (χ0) is 14.5. The Balaban J connectivity index is 2.08. The molecular weight excluding hydrogens is 253 g/mol. The summed E-state index contributed by atoms with van der Waals surface area (Å²) in [4.78, 5) is 4.70. The summed E-state index contributed by atoms with van der Waals surface area (Å²) in [6.45, 7) is 5.80. The quantitative estimate of drug-likeness (QED) is 0.893. The third-order valence-electron chi connectivity index (χ3n) is 4.14. The maximum absolute atomic E-state index is 13.5. The van der Waals surface area contributed by atoms with E-state index in [0.717, 1.165) is 31.7 Å². The average Bonchev–Trinajstić information content (AvgIpc) is 2.45. The molecule has 0 amide bonds. The fourth-order valence-corrected chi connectivity index (χ4v) is 2.89. The van der Waals surface area contributed by atoms with Gasteiger partial charge in [0.15, 0.2) is 0 Å². The van der Waals surface area contributed by atoms with E-state index in [-0.39, 0.29) is 5.82 Å². The fraction of sp³-hybridized carbons (Fsp3) is 0.625. The minimum Gasteiger partial charge on any atom is -0.371 e. The summed E-state index contributed by atoms with van der Waals surface area (Å²) in [6.07, 6.45) is 2.34. The SMILES string of the molecule is CCNCc1cc(F)ccc1N1CCC(N(C)C)CC1. The Morgan fingerprint density at radius 3 is 2.60 bits per heavy atom. The molecule has 4 heteroatoms. The number of halogens is 1. The molecule has 0 aromatic heterocycles. The van der Waals surface area contributed by atoms with Crippen LogP contribution in [0, 0.1) is 5.82 Å². The van der Waals surface area contributed by atoms with Gasteiger partial charge in [0, 0.05) is 31.4 Å². The molecule has 1 aliphatic heterocycles. The van der Waals surface area contributed by atoms with Crippen LogP contribution in [-0.4, -0.2) is 44.7 Å². The zero-order valence-electron chi connectivity index (χ0n) is 12.8. The lowest BCUT2D eigenvalue weighted by Gasteiger charge is -2.37. The highest BCUT2D eigenvalue weighted by Crippen LogP contribution is 2.26. The lowest BCUT2D eigenvalue weighted by molar-refractivity contribution is 0.249. The molecule has 1 aliphatic rings. The first-order valence-corrected chi connectivity index (χ1v) is 7.52. The molecule has 0 saturated carbocycles. The molecule has 1 heterocycles. The van der Waals surface area contributed by atoms with Gasteiger partial charge in [-0.15, -0.1) is 0 Å². The highest BCUT2D eigenvalue weighted by atomic mass is 19.1. The number of nitrogens with zero attached hydrogens (tertiary/aromatic N) is 2. The molecule has 1 aromatic carbocycles.